The Morgan fingerprint density at radius 1 is 1.17 bits per heavy atom. The van der Waals surface area contributed by atoms with E-state index in [0.29, 0.717) is 11.5 Å². The van der Waals surface area contributed by atoms with Crippen molar-refractivity contribution in [1.82, 2.24) is 0 Å². The zero-order valence-electron chi connectivity index (χ0n) is 12.1. The number of benzene rings is 1. The number of rotatable bonds is 7. The molecule has 18 heavy (non-hydrogen) atoms. The van der Waals surface area contributed by atoms with Gasteiger partial charge >= 0.3 is 0 Å². The van der Waals surface area contributed by atoms with E-state index in [0.717, 1.165) is 0 Å². The number of anilines is 1. The Morgan fingerprint density at radius 3 is 2.39 bits per heavy atom. The molecule has 1 aliphatic rings. The van der Waals surface area contributed by atoms with Crippen molar-refractivity contribution < 1.29 is 0 Å². The van der Waals surface area contributed by atoms with Crippen molar-refractivity contribution in [3.8, 4) is 0 Å². The van der Waals surface area contributed by atoms with Gasteiger partial charge in [-0.3, -0.25) is 0 Å². The summed E-state index contributed by atoms with van der Waals surface area (Å²) in [4.78, 5) is 0. The van der Waals surface area contributed by atoms with Crippen LogP contribution in [0.4, 0.5) is 5.69 Å². The van der Waals surface area contributed by atoms with Crippen LogP contribution in [0.1, 0.15) is 58.4 Å². The van der Waals surface area contributed by atoms with E-state index < -0.39 is 0 Å². The third-order valence-electron chi connectivity index (χ3n) is 4.49. The molecule has 1 fully saturated rings. The topological polar surface area (TPSA) is 12.0 Å². The zero-order chi connectivity index (χ0) is 13.0. The predicted molar refractivity (Wildman–Crippen MR) is 80.1 cm³/mol. The molecular weight excluding hydrogens is 218 g/mol. The molecule has 1 atom stereocenters. The molecule has 100 valence electrons. The van der Waals surface area contributed by atoms with E-state index in [9.17, 15) is 0 Å². The van der Waals surface area contributed by atoms with Crippen LogP contribution in [0.5, 0.6) is 0 Å². The fraction of sp³-hybridized carbons (Fsp3) is 0.647. The minimum atomic E-state index is 0.541. The van der Waals surface area contributed by atoms with Crippen molar-refractivity contribution in [2.24, 2.45) is 5.41 Å². The molecule has 2 rings (SSSR count). The maximum Gasteiger partial charge on any atom is 0.0342 e. The molecule has 1 N–H and O–H groups in total. The predicted octanol–water partition coefficient (Wildman–Crippen LogP) is 5.02. The Balaban J connectivity index is 1.83. The van der Waals surface area contributed by atoms with E-state index in [1.165, 1.54) is 49.8 Å². The maximum absolute atomic E-state index is 3.64. The summed E-state index contributed by atoms with van der Waals surface area (Å²) in [5.74, 6) is 0. The van der Waals surface area contributed by atoms with Gasteiger partial charge in [0.15, 0.2) is 0 Å². The Hall–Kier alpha value is -0.980. The number of unbranched alkanes of at least 4 members (excludes halogenated alkanes) is 2. The molecule has 1 saturated carbocycles. The van der Waals surface area contributed by atoms with Crippen LogP contribution in [0, 0.1) is 5.41 Å². The van der Waals surface area contributed by atoms with E-state index in [1.807, 2.05) is 0 Å². The van der Waals surface area contributed by atoms with E-state index in [1.54, 1.807) is 0 Å². The van der Waals surface area contributed by atoms with Crippen molar-refractivity contribution in [2.45, 2.75) is 65.3 Å². The highest BCUT2D eigenvalue weighted by molar-refractivity contribution is 5.46. The summed E-state index contributed by atoms with van der Waals surface area (Å²) in [6.45, 7) is 6.94. The van der Waals surface area contributed by atoms with Gasteiger partial charge in [0.1, 0.15) is 0 Å². The van der Waals surface area contributed by atoms with E-state index in [4.69, 9.17) is 0 Å². The highest BCUT2D eigenvalue weighted by Crippen LogP contribution is 2.48. The molecule has 0 radical (unpaired) electrons. The lowest BCUT2D eigenvalue weighted by Gasteiger charge is -2.21. The van der Waals surface area contributed by atoms with Crippen LogP contribution in [0.3, 0.4) is 0 Å². The fourth-order valence-corrected chi connectivity index (χ4v) is 2.40. The van der Waals surface area contributed by atoms with Gasteiger partial charge in [-0.2, -0.15) is 0 Å². The second-order valence-electron chi connectivity index (χ2n) is 6.17. The number of hydrogen-bond donors (Lipinski definition) is 1. The van der Waals surface area contributed by atoms with Gasteiger partial charge in [0.25, 0.3) is 0 Å². The van der Waals surface area contributed by atoms with Crippen LogP contribution >= 0.6 is 0 Å². The van der Waals surface area contributed by atoms with Gasteiger partial charge in [0.2, 0.25) is 0 Å². The summed E-state index contributed by atoms with van der Waals surface area (Å²) in [6, 6.07) is 9.62. The molecule has 0 heterocycles. The van der Waals surface area contributed by atoms with Crippen LogP contribution in [0.25, 0.3) is 0 Å². The van der Waals surface area contributed by atoms with E-state index in [-0.39, 0.29) is 0 Å². The number of aryl methyl sites for hydroxylation is 1. The van der Waals surface area contributed by atoms with E-state index >= 15 is 0 Å². The Labute approximate surface area is 112 Å². The third-order valence-corrected chi connectivity index (χ3v) is 4.49. The molecule has 0 aromatic heterocycles. The van der Waals surface area contributed by atoms with Gasteiger partial charge < -0.3 is 5.32 Å². The molecule has 1 aromatic rings. The summed E-state index contributed by atoms with van der Waals surface area (Å²) < 4.78 is 0. The molecule has 1 nitrogen and oxygen atoms in total. The van der Waals surface area contributed by atoms with Gasteiger partial charge in [-0.1, -0.05) is 38.8 Å². The first-order chi connectivity index (χ1) is 8.64. The Morgan fingerprint density at radius 2 is 1.83 bits per heavy atom. The molecular formula is C17H27N. The Kier molecular flexibility index (Phi) is 4.31. The lowest BCUT2D eigenvalue weighted by atomic mass is 10.0. The first kappa shape index (κ1) is 13.5. The van der Waals surface area contributed by atoms with Crippen molar-refractivity contribution in [3.63, 3.8) is 0 Å². The molecule has 0 saturated heterocycles. The molecule has 0 aliphatic heterocycles. The summed E-state index contributed by atoms with van der Waals surface area (Å²) in [6.07, 6.45) is 7.93. The minimum absolute atomic E-state index is 0.541. The smallest absolute Gasteiger partial charge is 0.0342 e. The number of hydrogen-bond acceptors (Lipinski definition) is 1. The first-order valence-corrected chi connectivity index (χ1v) is 7.49. The molecule has 0 bridgehead atoms. The van der Waals surface area contributed by atoms with Crippen LogP contribution in [-0.4, -0.2) is 6.04 Å². The largest absolute Gasteiger partial charge is 0.382 e. The second-order valence-corrected chi connectivity index (χ2v) is 6.17. The van der Waals surface area contributed by atoms with Crippen LogP contribution in [0.2, 0.25) is 0 Å². The molecule has 1 aliphatic carbocycles. The summed E-state index contributed by atoms with van der Waals surface area (Å²) in [5.41, 5.74) is 3.29. The Bertz CT molecular complexity index is 362. The van der Waals surface area contributed by atoms with Gasteiger partial charge in [-0.05, 0) is 55.7 Å². The van der Waals surface area contributed by atoms with Gasteiger partial charge in [0.05, 0.1) is 0 Å². The molecule has 1 unspecified atom stereocenters. The molecule has 0 amide bonds. The highest BCUT2D eigenvalue weighted by atomic mass is 14.9. The zero-order valence-corrected chi connectivity index (χ0v) is 12.1. The molecule has 1 heteroatoms. The van der Waals surface area contributed by atoms with Gasteiger partial charge in [-0.25, -0.2) is 0 Å². The SMILES string of the molecule is CCCCCc1ccc(NC(C)C2(C)CC2)cc1. The van der Waals surface area contributed by atoms with E-state index in [2.05, 4.69) is 50.4 Å². The van der Waals surface area contributed by atoms with Crippen molar-refractivity contribution >= 4 is 5.69 Å². The van der Waals surface area contributed by atoms with Crippen molar-refractivity contribution in [2.75, 3.05) is 5.32 Å². The summed E-state index contributed by atoms with van der Waals surface area (Å²) in [7, 11) is 0. The summed E-state index contributed by atoms with van der Waals surface area (Å²) in [5, 5.41) is 3.64. The second kappa shape index (κ2) is 5.77. The van der Waals surface area contributed by atoms with Crippen LogP contribution in [-0.2, 0) is 6.42 Å². The standard InChI is InChI=1S/C17H27N/c1-4-5-6-7-15-8-10-16(11-9-15)18-14(2)17(3)12-13-17/h8-11,14,18H,4-7,12-13H2,1-3H3. The third kappa shape index (κ3) is 3.51. The minimum Gasteiger partial charge on any atom is -0.382 e. The fourth-order valence-electron chi connectivity index (χ4n) is 2.40. The van der Waals surface area contributed by atoms with Gasteiger partial charge in [0, 0.05) is 11.7 Å². The monoisotopic (exact) mass is 245 g/mol. The van der Waals surface area contributed by atoms with Crippen LogP contribution < -0.4 is 5.32 Å². The van der Waals surface area contributed by atoms with Crippen molar-refractivity contribution in [3.05, 3.63) is 29.8 Å². The number of nitrogens with one attached hydrogen (secondary N) is 1. The quantitative estimate of drug-likeness (QED) is 0.665. The lowest BCUT2D eigenvalue weighted by molar-refractivity contribution is 0.493. The molecule has 0 spiro atoms. The highest BCUT2D eigenvalue weighted by Gasteiger charge is 2.42. The maximum atomic E-state index is 3.64. The average molecular weight is 245 g/mol. The normalized spacial score (nSPS) is 18.4. The van der Waals surface area contributed by atoms with Crippen LogP contribution in [0.15, 0.2) is 24.3 Å². The van der Waals surface area contributed by atoms with Crippen molar-refractivity contribution in [1.29, 1.82) is 0 Å². The lowest BCUT2D eigenvalue weighted by Crippen LogP contribution is -2.24. The average Bonchev–Trinajstić information content (AvgIpc) is 3.11. The summed E-state index contributed by atoms with van der Waals surface area (Å²) >= 11 is 0. The first-order valence-electron chi connectivity index (χ1n) is 7.49. The van der Waals surface area contributed by atoms with Gasteiger partial charge in [-0.15, -0.1) is 0 Å². The molecule has 1 aromatic carbocycles.